The van der Waals surface area contributed by atoms with Crippen LogP contribution in [0.5, 0.6) is 23.0 Å². The van der Waals surface area contributed by atoms with Crippen LogP contribution in [0.25, 0.3) is 6.08 Å². The molecule has 1 fully saturated rings. The Morgan fingerprint density at radius 2 is 1.41 bits per heavy atom. The number of nitrogens with one attached hydrogen (secondary N) is 1. The van der Waals surface area contributed by atoms with Crippen LogP contribution in [0.1, 0.15) is 11.1 Å². The Kier molecular flexibility index (Phi) is 7.73. The summed E-state index contributed by atoms with van der Waals surface area (Å²) in [6.45, 7) is 2.29. The van der Waals surface area contributed by atoms with Gasteiger partial charge in [0.2, 0.25) is 0 Å². The molecule has 0 spiro atoms. The molecule has 4 amide bonds. The van der Waals surface area contributed by atoms with Gasteiger partial charge in [0.05, 0.1) is 19.9 Å². The fourth-order valence-corrected chi connectivity index (χ4v) is 3.79. The maximum absolute atomic E-state index is 13.2. The molecular formula is C28H26N2O7. The van der Waals surface area contributed by atoms with E-state index in [-0.39, 0.29) is 18.8 Å². The number of urea groups is 1. The van der Waals surface area contributed by atoms with E-state index in [9.17, 15) is 14.4 Å². The van der Waals surface area contributed by atoms with Gasteiger partial charge in [0, 0.05) is 0 Å². The molecule has 1 saturated heterocycles. The van der Waals surface area contributed by atoms with Crippen molar-refractivity contribution in [2.45, 2.75) is 6.92 Å². The number of ether oxygens (including phenoxy) is 4. The number of benzene rings is 3. The second kappa shape index (κ2) is 11.3. The maximum Gasteiger partial charge on any atom is 0.335 e. The number of imide groups is 2. The highest BCUT2D eigenvalue weighted by Crippen LogP contribution is 2.31. The van der Waals surface area contributed by atoms with Crippen molar-refractivity contribution in [3.05, 3.63) is 83.4 Å². The molecule has 9 heteroatoms. The lowest BCUT2D eigenvalue weighted by Crippen LogP contribution is -2.54. The maximum atomic E-state index is 13.2. The Hall–Kier alpha value is -4.79. The minimum Gasteiger partial charge on any atom is -0.493 e. The molecule has 0 radical (unpaired) electrons. The molecule has 9 nitrogen and oxygen atoms in total. The largest absolute Gasteiger partial charge is 0.493 e. The zero-order valence-corrected chi connectivity index (χ0v) is 20.6. The molecule has 1 N–H and O–H groups in total. The van der Waals surface area contributed by atoms with Crippen LogP contribution in [0.3, 0.4) is 0 Å². The average Bonchev–Trinajstić information content (AvgIpc) is 2.90. The van der Waals surface area contributed by atoms with Crippen LogP contribution in [0.15, 0.2) is 72.3 Å². The van der Waals surface area contributed by atoms with E-state index >= 15 is 0 Å². The molecule has 0 aromatic heterocycles. The molecule has 3 aromatic rings. The quantitative estimate of drug-likeness (QED) is 0.267. The number of hydrogen-bond donors (Lipinski definition) is 1. The van der Waals surface area contributed by atoms with Crippen molar-refractivity contribution in [1.29, 1.82) is 0 Å². The molecule has 0 bridgehead atoms. The van der Waals surface area contributed by atoms with Crippen LogP contribution in [-0.2, 0) is 9.59 Å². The van der Waals surface area contributed by atoms with E-state index in [1.165, 1.54) is 13.2 Å². The molecule has 3 aromatic carbocycles. The monoisotopic (exact) mass is 502 g/mol. The zero-order chi connectivity index (χ0) is 26.4. The second-order valence-corrected chi connectivity index (χ2v) is 8.00. The van der Waals surface area contributed by atoms with Gasteiger partial charge in [-0.1, -0.05) is 36.4 Å². The van der Waals surface area contributed by atoms with E-state index in [2.05, 4.69) is 5.32 Å². The van der Waals surface area contributed by atoms with Crippen LogP contribution < -0.4 is 29.2 Å². The summed E-state index contributed by atoms with van der Waals surface area (Å²) < 4.78 is 22.2. The summed E-state index contributed by atoms with van der Waals surface area (Å²) in [7, 11) is 3.06. The molecule has 4 rings (SSSR count). The third kappa shape index (κ3) is 5.56. The van der Waals surface area contributed by atoms with Gasteiger partial charge in [-0.15, -0.1) is 0 Å². The number of para-hydroxylation sites is 3. The summed E-state index contributed by atoms with van der Waals surface area (Å²) in [6.07, 6.45) is 1.41. The number of rotatable bonds is 9. The van der Waals surface area contributed by atoms with E-state index in [1.807, 2.05) is 12.1 Å². The van der Waals surface area contributed by atoms with Crippen molar-refractivity contribution in [3.8, 4) is 23.0 Å². The van der Waals surface area contributed by atoms with Crippen molar-refractivity contribution in [2.75, 3.05) is 32.3 Å². The predicted octanol–water partition coefficient (Wildman–Crippen LogP) is 4.14. The fourth-order valence-electron chi connectivity index (χ4n) is 3.79. The topological polar surface area (TPSA) is 103 Å². The first-order chi connectivity index (χ1) is 17.9. The first-order valence-electron chi connectivity index (χ1n) is 11.5. The highest BCUT2D eigenvalue weighted by atomic mass is 16.5. The number of nitrogens with zero attached hydrogens (tertiary/aromatic N) is 1. The number of amides is 4. The highest BCUT2D eigenvalue weighted by molar-refractivity contribution is 6.39. The molecule has 1 aliphatic rings. The van der Waals surface area contributed by atoms with Crippen molar-refractivity contribution >= 4 is 29.6 Å². The Labute approximate surface area is 214 Å². The fraction of sp³-hybridized carbons (Fsp3) is 0.179. The van der Waals surface area contributed by atoms with Crippen LogP contribution in [0.4, 0.5) is 10.5 Å². The number of methoxy groups -OCH3 is 2. The molecule has 0 saturated carbocycles. The summed E-state index contributed by atoms with van der Waals surface area (Å²) in [5.74, 6) is 0.618. The van der Waals surface area contributed by atoms with Gasteiger partial charge in [0.25, 0.3) is 11.8 Å². The van der Waals surface area contributed by atoms with Crippen LogP contribution in [0, 0.1) is 6.92 Å². The van der Waals surface area contributed by atoms with E-state index < -0.39 is 17.8 Å². The van der Waals surface area contributed by atoms with Gasteiger partial charge < -0.3 is 18.9 Å². The van der Waals surface area contributed by atoms with Gasteiger partial charge in [-0.3, -0.25) is 14.9 Å². The number of carbonyl (C=O) groups is 3. The zero-order valence-electron chi connectivity index (χ0n) is 20.6. The lowest BCUT2D eigenvalue weighted by molar-refractivity contribution is -0.122. The van der Waals surface area contributed by atoms with Crippen molar-refractivity contribution in [1.82, 2.24) is 5.32 Å². The first-order valence-corrected chi connectivity index (χ1v) is 11.5. The number of carbonyl (C=O) groups excluding carboxylic acids is 3. The number of anilines is 1. The molecule has 37 heavy (non-hydrogen) atoms. The number of hydrogen-bond acceptors (Lipinski definition) is 7. The number of barbiturate groups is 1. The van der Waals surface area contributed by atoms with Gasteiger partial charge in [0.1, 0.15) is 18.8 Å². The first kappa shape index (κ1) is 25.3. The Balaban J connectivity index is 1.49. The Bertz CT molecular complexity index is 1370. The van der Waals surface area contributed by atoms with Gasteiger partial charge in [-0.2, -0.15) is 0 Å². The van der Waals surface area contributed by atoms with E-state index in [0.717, 1.165) is 10.5 Å². The molecule has 190 valence electrons. The predicted molar refractivity (Wildman–Crippen MR) is 137 cm³/mol. The third-order valence-corrected chi connectivity index (χ3v) is 5.62. The van der Waals surface area contributed by atoms with Gasteiger partial charge in [-0.25, -0.2) is 9.69 Å². The Morgan fingerprint density at radius 3 is 2.08 bits per heavy atom. The summed E-state index contributed by atoms with van der Waals surface area (Å²) in [5, 5.41) is 2.23. The molecule has 0 atom stereocenters. The van der Waals surface area contributed by atoms with Gasteiger partial charge >= 0.3 is 6.03 Å². The standard InChI is InChI=1S/C28H26N2O7/c1-18-8-4-5-9-21(18)30-27(32)20(26(31)29-28(30)33)16-19-12-13-24(25(17-19)35-3)37-15-14-36-23-11-7-6-10-22(23)34-2/h4-13,16-17H,14-15H2,1-3H3,(H,29,31,33)/b20-16+. The lowest BCUT2D eigenvalue weighted by Gasteiger charge is -2.27. The molecular weight excluding hydrogens is 476 g/mol. The number of aryl methyl sites for hydroxylation is 1. The molecule has 1 aliphatic heterocycles. The van der Waals surface area contributed by atoms with E-state index in [1.54, 1.807) is 68.6 Å². The Morgan fingerprint density at radius 1 is 0.784 bits per heavy atom. The normalized spacial score (nSPS) is 14.4. The second-order valence-electron chi connectivity index (χ2n) is 8.00. The van der Waals surface area contributed by atoms with Gasteiger partial charge in [-0.05, 0) is 54.5 Å². The van der Waals surface area contributed by atoms with Crippen LogP contribution in [0.2, 0.25) is 0 Å². The minimum atomic E-state index is -0.793. The van der Waals surface area contributed by atoms with Crippen molar-refractivity contribution in [3.63, 3.8) is 0 Å². The minimum absolute atomic E-state index is 0.177. The lowest BCUT2D eigenvalue weighted by atomic mass is 10.1. The van der Waals surface area contributed by atoms with Crippen molar-refractivity contribution in [2.24, 2.45) is 0 Å². The summed E-state index contributed by atoms with van der Waals surface area (Å²) >= 11 is 0. The van der Waals surface area contributed by atoms with Crippen LogP contribution >= 0.6 is 0 Å². The average molecular weight is 503 g/mol. The van der Waals surface area contributed by atoms with Crippen LogP contribution in [-0.4, -0.2) is 45.3 Å². The smallest absolute Gasteiger partial charge is 0.335 e. The SMILES string of the molecule is COc1ccccc1OCCOc1ccc(/C=C2\C(=O)NC(=O)N(c3ccccc3C)C2=O)cc1OC. The molecule has 0 unspecified atom stereocenters. The molecule has 1 heterocycles. The summed E-state index contributed by atoms with van der Waals surface area (Å²) in [4.78, 5) is 39.1. The van der Waals surface area contributed by atoms with Crippen molar-refractivity contribution < 1.29 is 33.3 Å². The summed E-state index contributed by atoms with van der Waals surface area (Å²) in [6, 6.07) is 18.4. The molecule has 0 aliphatic carbocycles. The third-order valence-electron chi connectivity index (χ3n) is 5.62. The van der Waals surface area contributed by atoms with Gasteiger partial charge in [0.15, 0.2) is 23.0 Å². The highest BCUT2D eigenvalue weighted by Gasteiger charge is 2.37. The van der Waals surface area contributed by atoms with E-state index in [4.69, 9.17) is 18.9 Å². The summed E-state index contributed by atoms with van der Waals surface area (Å²) in [5.41, 5.74) is 1.47. The van der Waals surface area contributed by atoms with E-state index in [0.29, 0.717) is 34.2 Å².